The number of hydrogen-bond acceptors (Lipinski definition) is 4. The molecule has 2 N–H and O–H groups in total. The Kier molecular flexibility index (Phi) is 4.37. The molecule has 2 aromatic carbocycles. The van der Waals surface area contributed by atoms with Gasteiger partial charge in [0.15, 0.2) is 0 Å². The number of benzene rings is 2. The lowest BCUT2D eigenvalue weighted by molar-refractivity contribution is -0.385. The Morgan fingerprint density at radius 3 is 2.67 bits per heavy atom. The molecule has 110 valence electrons. The van der Waals surface area contributed by atoms with Crippen molar-refractivity contribution in [3.63, 3.8) is 0 Å². The number of nitrogens with one attached hydrogen (secondary N) is 1. The zero-order valence-electron chi connectivity index (χ0n) is 11.5. The molecule has 0 heterocycles. The molecule has 0 aromatic heterocycles. The molecule has 5 nitrogen and oxygen atoms in total. The summed E-state index contributed by atoms with van der Waals surface area (Å²) in [7, 11) is 0. The zero-order chi connectivity index (χ0) is 15.4. The van der Waals surface area contributed by atoms with Gasteiger partial charge in [0.2, 0.25) is 0 Å². The van der Waals surface area contributed by atoms with Gasteiger partial charge in [-0.1, -0.05) is 13.0 Å². The fourth-order valence-electron chi connectivity index (χ4n) is 2.08. The van der Waals surface area contributed by atoms with Gasteiger partial charge in [0.05, 0.1) is 4.92 Å². The maximum absolute atomic E-state index is 13.1. The molecule has 0 aliphatic carbocycles. The molecule has 0 spiro atoms. The summed E-state index contributed by atoms with van der Waals surface area (Å²) in [6, 6.07) is 8.64. The van der Waals surface area contributed by atoms with Crippen molar-refractivity contribution >= 4 is 11.4 Å². The molecule has 6 heteroatoms. The molecule has 0 saturated heterocycles. The van der Waals surface area contributed by atoms with Crippen LogP contribution in [0, 0.1) is 15.9 Å². The van der Waals surface area contributed by atoms with Crippen LogP contribution in [0.1, 0.15) is 18.1 Å². The predicted molar refractivity (Wildman–Crippen MR) is 77.9 cm³/mol. The Hall–Kier alpha value is -2.63. The van der Waals surface area contributed by atoms with Crippen molar-refractivity contribution in [1.82, 2.24) is 0 Å². The molecule has 0 unspecified atom stereocenters. The van der Waals surface area contributed by atoms with Crippen molar-refractivity contribution in [3.05, 3.63) is 63.5 Å². The highest BCUT2D eigenvalue weighted by atomic mass is 19.1. The van der Waals surface area contributed by atoms with Crippen LogP contribution in [0.15, 0.2) is 36.4 Å². The van der Waals surface area contributed by atoms with Crippen LogP contribution in [0.3, 0.4) is 0 Å². The molecular weight excluding hydrogens is 275 g/mol. The molecule has 0 radical (unpaired) electrons. The summed E-state index contributed by atoms with van der Waals surface area (Å²) in [5, 5.41) is 23.3. The van der Waals surface area contributed by atoms with E-state index in [2.05, 4.69) is 5.32 Å². The number of aryl methyl sites for hydroxylation is 1. The predicted octanol–water partition coefficient (Wildman–Crippen LogP) is 3.61. The fraction of sp³-hybridized carbons (Fsp3) is 0.200. The molecule has 0 fully saturated rings. The van der Waals surface area contributed by atoms with E-state index >= 15 is 0 Å². The highest BCUT2D eigenvalue weighted by molar-refractivity contribution is 5.55. The topological polar surface area (TPSA) is 75.4 Å². The van der Waals surface area contributed by atoms with E-state index in [1.807, 2.05) is 6.92 Å². The van der Waals surface area contributed by atoms with Crippen LogP contribution in [0.4, 0.5) is 15.8 Å². The smallest absolute Gasteiger partial charge is 0.274 e. The minimum absolute atomic E-state index is 0.0598. The van der Waals surface area contributed by atoms with Crippen LogP contribution in [0.2, 0.25) is 0 Å². The minimum Gasteiger partial charge on any atom is -0.508 e. The fourth-order valence-corrected chi connectivity index (χ4v) is 2.08. The molecule has 2 aromatic rings. The molecule has 2 rings (SSSR count). The number of rotatable bonds is 5. The van der Waals surface area contributed by atoms with Gasteiger partial charge < -0.3 is 10.4 Å². The maximum Gasteiger partial charge on any atom is 0.274 e. The summed E-state index contributed by atoms with van der Waals surface area (Å²) in [6.07, 6.45) is 0.578. The van der Waals surface area contributed by atoms with Crippen molar-refractivity contribution in [1.29, 1.82) is 0 Å². The first-order valence-corrected chi connectivity index (χ1v) is 6.49. The summed E-state index contributed by atoms with van der Waals surface area (Å²) < 4.78 is 13.1. The van der Waals surface area contributed by atoms with E-state index in [0.717, 1.165) is 6.07 Å². The molecule has 0 amide bonds. The second-order valence-electron chi connectivity index (χ2n) is 4.63. The minimum atomic E-state index is -0.529. The Morgan fingerprint density at radius 2 is 2.05 bits per heavy atom. The number of nitro groups is 1. The van der Waals surface area contributed by atoms with E-state index in [4.69, 9.17) is 0 Å². The van der Waals surface area contributed by atoms with Gasteiger partial charge in [-0.05, 0) is 30.2 Å². The van der Waals surface area contributed by atoms with E-state index in [1.54, 1.807) is 12.1 Å². The Balaban J connectivity index is 2.16. The number of phenolic OH excluding ortho intramolecular Hbond substituents is 1. The first-order chi connectivity index (χ1) is 9.99. The summed E-state index contributed by atoms with van der Waals surface area (Å²) in [5.41, 5.74) is 1.84. The van der Waals surface area contributed by atoms with Gasteiger partial charge in [-0.25, -0.2) is 4.39 Å². The van der Waals surface area contributed by atoms with Crippen molar-refractivity contribution in [3.8, 4) is 5.75 Å². The number of hydrogen-bond donors (Lipinski definition) is 2. The van der Waals surface area contributed by atoms with Crippen LogP contribution in [0.25, 0.3) is 0 Å². The Labute approximate surface area is 121 Å². The molecule has 0 atom stereocenters. The summed E-state index contributed by atoms with van der Waals surface area (Å²) >= 11 is 0. The van der Waals surface area contributed by atoms with Gasteiger partial charge in [-0.2, -0.15) is 0 Å². The number of halogens is 1. The third kappa shape index (κ3) is 3.68. The molecular formula is C15H15FN2O3. The quantitative estimate of drug-likeness (QED) is 0.651. The number of nitro benzene ring substituents is 1. The highest BCUT2D eigenvalue weighted by Gasteiger charge is 2.12. The molecule has 0 saturated carbocycles. The third-order valence-corrected chi connectivity index (χ3v) is 3.10. The van der Waals surface area contributed by atoms with Gasteiger partial charge in [0.1, 0.15) is 11.6 Å². The number of aromatic hydroxyl groups is 1. The average molecular weight is 290 g/mol. The highest BCUT2D eigenvalue weighted by Crippen LogP contribution is 2.24. The monoisotopic (exact) mass is 290 g/mol. The largest absolute Gasteiger partial charge is 0.508 e. The maximum atomic E-state index is 13.1. The standard InChI is InChI=1S/C15H15FN2O3/c1-2-11-3-4-13(8-15(11)18(20)21)17-9-10-5-12(16)7-14(19)6-10/h3-8,17,19H,2,9H2,1H3. The first-order valence-electron chi connectivity index (χ1n) is 6.49. The van der Waals surface area contributed by atoms with Gasteiger partial charge in [0, 0.05) is 29.9 Å². The summed E-state index contributed by atoms with van der Waals surface area (Å²) in [4.78, 5) is 10.6. The molecule has 0 aliphatic rings. The van der Waals surface area contributed by atoms with Gasteiger partial charge in [-0.15, -0.1) is 0 Å². The van der Waals surface area contributed by atoms with Crippen LogP contribution < -0.4 is 5.32 Å². The van der Waals surface area contributed by atoms with Crippen molar-refractivity contribution in [2.45, 2.75) is 19.9 Å². The first kappa shape index (κ1) is 14.8. The van der Waals surface area contributed by atoms with Gasteiger partial charge >= 0.3 is 0 Å². The van der Waals surface area contributed by atoms with Crippen molar-refractivity contribution < 1.29 is 14.4 Å². The van der Waals surface area contributed by atoms with Crippen LogP contribution >= 0.6 is 0 Å². The Bertz CT molecular complexity index is 654. The number of phenols is 1. The van der Waals surface area contributed by atoms with E-state index < -0.39 is 10.7 Å². The van der Waals surface area contributed by atoms with E-state index in [9.17, 15) is 19.6 Å². The average Bonchev–Trinajstić information content (AvgIpc) is 2.43. The van der Waals surface area contributed by atoms with Crippen LogP contribution in [0.5, 0.6) is 5.75 Å². The van der Waals surface area contributed by atoms with E-state index in [1.165, 1.54) is 18.2 Å². The van der Waals surface area contributed by atoms with E-state index in [0.29, 0.717) is 23.2 Å². The summed E-state index contributed by atoms with van der Waals surface area (Å²) in [6.45, 7) is 2.11. The van der Waals surface area contributed by atoms with Crippen LogP contribution in [-0.4, -0.2) is 10.0 Å². The number of anilines is 1. The van der Waals surface area contributed by atoms with Crippen molar-refractivity contribution in [2.75, 3.05) is 5.32 Å². The third-order valence-electron chi connectivity index (χ3n) is 3.10. The lowest BCUT2D eigenvalue weighted by Crippen LogP contribution is -2.02. The molecule has 0 bridgehead atoms. The second-order valence-corrected chi connectivity index (χ2v) is 4.63. The SMILES string of the molecule is CCc1ccc(NCc2cc(O)cc(F)c2)cc1[N+](=O)[O-]. The van der Waals surface area contributed by atoms with Crippen LogP contribution in [-0.2, 0) is 13.0 Å². The lowest BCUT2D eigenvalue weighted by Gasteiger charge is -2.08. The van der Waals surface area contributed by atoms with Gasteiger partial charge in [0.25, 0.3) is 5.69 Å². The summed E-state index contributed by atoms with van der Waals surface area (Å²) in [5.74, 6) is -0.682. The normalized spacial score (nSPS) is 10.4. The number of nitrogens with zero attached hydrogens (tertiary/aromatic N) is 1. The second kappa shape index (κ2) is 6.21. The van der Waals surface area contributed by atoms with Crippen molar-refractivity contribution in [2.24, 2.45) is 0 Å². The van der Waals surface area contributed by atoms with Gasteiger partial charge in [-0.3, -0.25) is 10.1 Å². The Morgan fingerprint density at radius 1 is 1.29 bits per heavy atom. The molecule has 21 heavy (non-hydrogen) atoms. The zero-order valence-corrected chi connectivity index (χ0v) is 11.5. The lowest BCUT2D eigenvalue weighted by atomic mass is 10.1. The molecule has 0 aliphatic heterocycles. The van der Waals surface area contributed by atoms with E-state index in [-0.39, 0.29) is 18.0 Å².